The molecule has 3 aromatic rings. The topological polar surface area (TPSA) is 74.8 Å². The molecule has 0 saturated carbocycles. The molecule has 5 nitrogen and oxygen atoms in total. The van der Waals surface area contributed by atoms with Crippen molar-refractivity contribution in [3.8, 4) is 0 Å². The highest BCUT2D eigenvalue weighted by molar-refractivity contribution is 7.90. The first-order chi connectivity index (χ1) is 10.4. The molecule has 2 aromatic carbocycles. The maximum Gasteiger partial charge on any atom is 0.201 e. The molecule has 0 fully saturated rings. The van der Waals surface area contributed by atoms with E-state index in [2.05, 4.69) is 15.3 Å². The van der Waals surface area contributed by atoms with Crippen LogP contribution in [-0.4, -0.2) is 24.6 Å². The number of fused-ring (bicyclic) bond motifs is 1. The average Bonchev–Trinajstić information content (AvgIpc) is 2.86. The predicted octanol–water partition coefficient (Wildman–Crippen LogP) is 3.23. The first-order valence-electron chi connectivity index (χ1n) is 6.60. The van der Waals surface area contributed by atoms with Crippen LogP contribution < -0.4 is 5.32 Å². The van der Waals surface area contributed by atoms with Gasteiger partial charge in [-0.05, 0) is 35.9 Å². The zero-order valence-electron chi connectivity index (χ0n) is 11.8. The van der Waals surface area contributed by atoms with E-state index in [4.69, 9.17) is 11.6 Å². The van der Waals surface area contributed by atoms with Gasteiger partial charge in [0.15, 0.2) is 9.84 Å². The van der Waals surface area contributed by atoms with Crippen molar-refractivity contribution in [3.63, 3.8) is 0 Å². The Kier molecular flexibility index (Phi) is 3.80. The molecule has 0 atom stereocenters. The van der Waals surface area contributed by atoms with E-state index in [9.17, 15) is 8.42 Å². The van der Waals surface area contributed by atoms with Gasteiger partial charge in [0.2, 0.25) is 5.95 Å². The number of benzene rings is 2. The molecule has 0 aliphatic rings. The average molecular weight is 336 g/mol. The Labute approximate surface area is 133 Å². The number of nitrogens with zero attached hydrogens (tertiary/aromatic N) is 1. The number of halogens is 1. The number of hydrogen-bond donors (Lipinski definition) is 2. The maximum absolute atomic E-state index is 11.4. The molecule has 0 radical (unpaired) electrons. The Morgan fingerprint density at radius 2 is 1.91 bits per heavy atom. The van der Waals surface area contributed by atoms with Crippen molar-refractivity contribution >= 4 is 38.4 Å². The van der Waals surface area contributed by atoms with Crippen molar-refractivity contribution in [3.05, 3.63) is 53.1 Å². The molecule has 0 amide bonds. The van der Waals surface area contributed by atoms with Crippen LogP contribution in [0.15, 0.2) is 47.4 Å². The third kappa shape index (κ3) is 3.23. The molecule has 114 valence electrons. The summed E-state index contributed by atoms with van der Waals surface area (Å²) in [5.74, 6) is 0.643. The number of rotatable bonds is 4. The van der Waals surface area contributed by atoms with E-state index in [1.807, 2.05) is 12.1 Å². The molecule has 0 saturated heterocycles. The SMILES string of the molecule is CS(=O)(=O)c1ccc(CNc2nc3ccc(Cl)cc3[nH]2)cc1. The van der Waals surface area contributed by atoms with E-state index < -0.39 is 9.84 Å². The van der Waals surface area contributed by atoms with Crippen LogP contribution in [0.5, 0.6) is 0 Å². The summed E-state index contributed by atoms with van der Waals surface area (Å²) in [6.07, 6.45) is 1.19. The molecule has 0 unspecified atom stereocenters. The Morgan fingerprint density at radius 3 is 2.59 bits per heavy atom. The fraction of sp³-hybridized carbons (Fsp3) is 0.133. The van der Waals surface area contributed by atoms with E-state index in [0.717, 1.165) is 16.6 Å². The molecule has 2 N–H and O–H groups in total. The molecule has 1 aromatic heterocycles. The van der Waals surface area contributed by atoms with Gasteiger partial charge in [0, 0.05) is 17.8 Å². The van der Waals surface area contributed by atoms with E-state index >= 15 is 0 Å². The van der Waals surface area contributed by atoms with Crippen molar-refractivity contribution in [2.45, 2.75) is 11.4 Å². The summed E-state index contributed by atoms with van der Waals surface area (Å²) in [7, 11) is -3.16. The molecule has 0 bridgehead atoms. The van der Waals surface area contributed by atoms with Gasteiger partial charge in [-0.15, -0.1) is 0 Å². The monoisotopic (exact) mass is 335 g/mol. The van der Waals surface area contributed by atoms with Gasteiger partial charge in [-0.2, -0.15) is 0 Å². The van der Waals surface area contributed by atoms with Gasteiger partial charge in [0.05, 0.1) is 15.9 Å². The molecule has 0 spiro atoms. The van der Waals surface area contributed by atoms with Crippen molar-refractivity contribution in [2.24, 2.45) is 0 Å². The molecule has 0 aliphatic heterocycles. The molecule has 3 rings (SSSR count). The number of aromatic nitrogens is 2. The molecule has 22 heavy (non-hydrogen) atoms. The van der Waals surface area contributed by atoms with Crippen LogP contribution in [0.3, 0.4) is 0 Å². The summed E-state index contributed by atoms with van der Waals surface area (Å²) in [6.45, 7) is 0.539. The van der Waals surface area contributed by atoms with Crippen LogP contribution >= 0.6 is 11.6 Å². The van der Waals surface area contributed by atoms with Crippen molar-refractivity contribution in [1.82, 2.24) is 9.97 Å². The summed E-state index contributed by atoms with van der Waals surface area (Å²) in [4.78, 5) is 7.86. The lowest BCUT2D eigenvalue weighted by molar-refractivity contribution is 0.602. The number of sulfone groups is 1. The lowest BCUT2D eigenvalue weighted by Crippen LogP contribution is -2.02. The third-order valence-electron chi connectivity index (χ3n) is 3.26. The maximum atomic E-state index is 11.4. The van der Waals surface area contributed by atoms with E-state index in [-0.39, 0.29) is 0 Å². The lowest BCUT2D eigenvalue weighted by Gasteiger charge is -2.04. The standard InChI is InChI=1S/C15H14ClN3O2S/c1-22(20,21)12-5-2-10(3-6-12)9-17-15-18-13-7-4-11(16)8-14(13)19-15/h2-8H,9H2,1H3,(H2,17,18,19). The van der Waals surface area contributed by atoms with Crippen LogP contribution in [0.25, 0.3) is 11.0 Å². The van der Waals surface area contributed by atoms with E-state index in [0.29, 0.717) is 22.4 Å². The normalized spacial score (nSPS) is 11.7. The summed E-state index contributed by atoms with van der Waals surface area (Å²) in [6, 6.07) is 12.2. The number of H-pyrrole nitrogens is 1. The Bertz CT molecular complexity index is 918. The zero-order valence-corrected chi connectivity index (χ0v) is 13.4. The summed E-state index contributed by atoms with van der Waals surface area (Å²) < 4.78 is 22.8. The summed E-state index contributed by atoms with van der Waals surface area (Å²) in [5, 5.41) is 3.82. The fourth-order valence-corrected chi connectivity index (χ4v) is 2.91. The van der Waals surface area contributed by atoms with Crippen LogP contribution in [0, 0.1) is 0 Å². The van der Waals surface area contributed by atoms with Gasteiger partial charge >= 0.3 is 0 Å². The van der Waals surface area contributed by atoms with Gasteiger partial charge in [-0.3, -0.25) is 0 Å². The van der Waals surface area contributed by atoms with Crippen LogP contribution in [0.4, 0.5) is 5.95 Å². The molecule has 0 aliphatic carbocycles. The van der Waals surface area contributed by atoms with Crippen LogP contribution in [-0.2, 0) is 16.4 Å². The lowest BCUT2D eigenvalue weighted by atomic mass is 10.2. The third-order valence-corrected chi connectivity index (χ3v) is 4.62. The number of imidazole rings is 1. The van der Waals surface area contributed by atoms with Crippen LogP contribution in [0.1, 0.15) is 5.56 Å². The minimum atomic E-state index is -3.16. The first-order valence-corrected chi connectivity index (χ1v) is 8.87. The smallest absolute Gasteiger partial charge is 0.201 e. The van der Waals surface area contributed by atoms with Gasteiger partial charge in [0.1, 0.15) is 0 Å². The largest absolute Gasteiger partial charge is 0.352 e. The highest BCUT2D eigenvalue weighted by Crippen LogP contribution is 2.19. The number of anilines is 1. The van der Waals surface area contributed by atoms with E-state index in [1.165, 1.54) is 6.26 Å². The fourth-order valence-electron chi connectivity index (χ4n) is 2.11. The van der Waals surface area contributed by atoms with Gasteiger partial charge in [0.25, 0.3) is 0 Å². The van der Waals surface area contributed by atoms with E-state index in [1.54, 1.807) is 30.3 Å². The quantitative estimate of drug-likeness (QED) is 0.767. The number of aromatic amines is 1. The molecular weight excluding hydrogens is 322 g/mol. The second kappa shape index (κ2) is 5.62. The van der Waals surface area contributed by atoms with Crippen LogP contribution in [0.2, 0.25) is 5.02 Å². The molecular formula is C15H14ClN3O2S. The highest BCUT2D eigenvalue weighted by Gasteiger charge is 2.07. The van der Waals surface area contributed by atoms with Crippen molar-refractivity contribution in [1.29, 1.82) is 0 Å². The Morgan fingerprint density at radius 1 is 1.18 bits per heavy atom. The van der Waals surface area contributed by atoms with Gasteiger partial charge < -0.3 is 10.3 Å². The highest BCUT2D eigenvalue weighted by atomic mass is 35.5. The van der Waals surface area contributed by atoms with Gasteiger partial charge in [-0.1, -0.05) is 23.7 Å². The molecule has 1 heterocycles. The van der Waals surface area contributed by atoms with Crippen molar-refractivity contribution < 1.29 is 8.42 Å². The molecule has 7 heteroatoms. The van der Waals surface area contributed by atoms with Crippen molar-refractivity contribution in [2.75, 3.05) is 11.6 Å². The Balaban J connectivity index is 1.73. The Hall–Kier alpha value is -2.05. The summed E-state index contributed by atoms with van der Waals surface area (Å²) in [5.41, 5.74) is 2.66. The minimum Gasteiger partial charge on any atom is -0.352 e. The second-order valence-electron chi connectivity index (χ2n) is 5.02. The zero-order chi connectivity index (χ0) is 15.7. The number of hydrogen-bond acceptors (Lipinski definition) is 4. The minimum absolute atomic E-state index is 0.314. The second-order valence-corrected chi connectivity index (χ2v) is 7.47. The summed E-state index contributed by atoms with van der Waals surface area (Å²) >= 11 is 5.94. The number of nitrogens with one attached hydrogen (secondary N) is 2. The van der Waals surface area contributed by atoms with Gasteiger partial charge in [-0.25, -0.2) is 13.4 Å². The predicted molar refractivity (Wildman–Crippen MR) is 88.0 cm³/mol. The first kappa shape index (κ1) is 14.9.